The Bertz CT molecular complexity index is 340. The van der Waals surface area contributed by atoms with E-state index in [4.69, 9.17) is 4.74 Å². The first-order valence-electron chi connectivity index (χ1n) is 7.29. The Morgan fingerprint density at radius 2 is 2.05 bits per heavy atom. The van der Waals surface area contributed by atoms with Gasteiger partial charge in [-0.25, -0.2) is 0 Å². The highest BCUT2D eigenvalue weighted by molar-refractivity contribution is 5.14. The molecule has 0 aliphatic rings. The van der Waals surface area contributed by atoms with Gasteiger partial charge in [-0.05, 0) is 25.5 Å². The smallest absolute Gasteiger partial charge is 0.233 e. The van der Waals surface area contributed by atoms with E-state index in [9.17, 15) is 0 Å². The molecule has 1 rings (SSSR count). The van der Waals surface area contributed by atoms with E-state index in [1.54, 1.807) is 7.11 Å². The third kappa shape index (κ3) is 5.15. The van der Waals surface area contributed by atoms with E-state index in [1.165, 1.54) is 25.7 Å². The summed E-state index contributed by atoms with van der Waals surface area (Å²) >= 11 is 0. The highest BCUT2D eigenvalue weighted by atomic mass is 16.5. The lowest BCUT2D eigenvalue weighted by Gasteiger charge is -2.21. The molecule has 0 amide bonds. The molecule has 0 fully saturated rings. The molecule has 1 N–H and O–H groups in total. The molecule has 108 valence electrons. The van der Waals surface area contributed by atoms with Gasteiger partial charge in [0, 0.05) is 6.07 Å². The summed E-state index contributed by atoms with van der Waals surface area (Å²) in [6.07, 6.45) is 6.22. The van der Waals surface area contributed by atoms with Crippen LogP contribution in [0.2, 0.25) is 0 Å². The zero-order valence-electron chi connectivity index (χ0n) is 12.6. The van der Waals surface area contributed by atoms with Crippen LogP contribution in [0.1, 0.15) is 57.7 Å². The second-order valence-corrected chi connectivity index (χ2v) is 4.99. The molecule has 1 aromatic rings. The second-order valence-electron chi connectivity index (χ2n) is 4.99. The Labute approximate surface area is 117 Å². The van der Waals surface area contributed by atoms with Crippen molar-refractivity contribution in [3.8, 4) is 5.88 Å². The van der Waals surface area contributed by atoms with E-state index >= 15 is 0 Å². The van der Waals surface area contributed by atoms with E-state index < -0.39 is 0 Å². The van der Waals surface area contributed by atoms with E-state index in [0.29, 0.717) is 5.88 Å². The quantitative estimate of drug-likeness (QED) is 0.744. The van der Waals surface area contributed by atoms with Crippen LogP contribution in [0.5, 0.6) is 5.88 Å². The van der Waals surface area contributed by atoms with Gasteiger partial charge < -0.3 is 10.1 Å². The first kappa shape index (κ1) is 15.9. The van der Waals surface area contributed by atoms with Crippen molar-refractivity contribution in [3.05, 3.63) is 17.8 Å². The minimum absolute atomic E-state index is 0.278. The molecule has 19 heavy (non-hydrogen) atoms. The fourth-order valence-corrected chi connectivity index (χ4v) is 2.33. The Hall–Kier alpha value is -1.16. The molecule has 1 heterocycles. The number of nitrogens with one attached hydrogen (secondary N) is 1. The van der Waals surface area contributed by atoms with Gasteiger partial charge in [-0.3, -0.25) is 0 Å². The fourth-order valence-electron chi connectivity index (χ4n) is 2.33. The maximum Gasteiger partial charge on any atom is 0.233 e. The maximum absolute atomic E-state index is 5.04. The van der Waals surface area contributed by atoms with E-state index in [1.807, 2.05) is 19.2 Å². The standard InChI is InChI=1S/C15H27N3O/c1-5-7-8-12(6-2)11-14(16-3)13-9-10-15(19-4)18-17-13/h9-10,12,14,16H,5-8,11H2,1-4H3. The number of aromatic nitrogens is 2. The summed E-state index contributed by atoms with van der Waals surface area (Å²) in [5.41, 5.74) is 0.998. The summed E-state index contributed by atoms with van der Waals surface area (Å²) in [5.74, 6) is 1.32. The van der Waals surface area contributed by atoms with Crippen molar-refractivity contribution >= 4 is 0 Å². The van der Waals surface area contributed by atoms with Crippen LogP contribution in [-0.4, -0.2) is 24.4 Å². The Balaban J connectivity index is 2.64. The molecule has 0 saturated heterocycles. The highest BCUT2D eigenvalue weighted by Gasteiger charge is 2.17. The predicted molar refractivity (Wildman–Crippen MR) is 78.3 cm³/mol. The van der Waals surface area contributed by atoms with Crippen molar-refractivity contribution in [3.63, 3.8) is 0 Å². The molecule has 0 aromatic carbocycles. The van der Waals surface area contributed by atoms with Crippen molar-refractivity contribution in [2.75, 3.05) is 14.2 Å². The Kier molecular flexibility index (Phi) is 7.41. The van der Waals surface area contributed by atoms with Gasteiger partial charge in [0.15, 0.2) is 0 Å². The Morgan fingerprint density at radius 3 is 2.53 bits per heavy atom. The maximum atomic E-state index is 5.04. The van der Waals surface area contributed by atoms with Crippen LogP contribution in [0.15, 0.2) is 12.1 Å². The molecule has 0 aliphatic heterocycles. The summed E-state index contributed by atoms with van der Waals surface area (Å²) in [6, 6.07) is 4.15. The lowest BCUT2D eigenvalue weighted by atomic mass is 9.91. The predicted octanol–water partition coefficient (Wildman–Crippen LogP) is 3.35. The molecule has 1 aromatic heterocycles. The number of ether oxygens (including phenoxy) is 1. The van der Waals surface area contributed by atoms with Gasteiger partial charge in [-0.1, -0.05) is 39.5 Å². The number of hydrogen-bond donors (Lipinski definition) is 1. The third-order valence-electron chi connectivity index (χ3n) is 3.69. The monoisotopic (exact) mass is 265 g/mol. The molecule has 4 nitrogen and oxygen atoms in total. The average Bonchev–Trinajstić information content (AvgIpc) is 2.48. The Morgan fingerprint density at radius 1 is 1.26 bits per heavy atom. The van der Waals surface area contributed by atoms with Crippen LogP contribution in [0.25, 0.3) is 0 Å². The number of methoxy groups -OCH3 is 1. The zero-order chi connectivity index (χ0) is 14.1. The van der Waals surface area contributed by atoms with Gasteiger partial charge in [0.05, 0.1) is 18.8 Å². The van der Waals surface area contributed by atoms with E-state index in [0.717, 1.165) is 18.0 Å². The van der Waals surface area contributed by atoms with Crippen LogP contribution in [-0.2, 0) is 0 Å². The van der Waals surface area contributed by atoms with Crippen LogP contribution < -0.4 is 10.1 Å². The normalized spacial score (nSPS) is 14.1. The topological polar surface area (TPSA) is 47.0 Å². The van der Waals surface area contributed by atoms with Gasteiger partial charge in [0.1, 0.15) is 0 Å². The van der Waals surface area contributed by atoms with Crippen molar-refractivity contribution in [2.24, 2.45) is 5.92 Å². The molecule has 0 bridgehead atoms. The molecular formula is C15H27N3O. The van der Waals surface area contributed by atoms with Crippen LogP contribution >= 0.6 is 0 Å². The lowest BCUT2D eigenvalue weighted by molar-refractivity contribution is 0.355. The number of nitrogens with zero attached hydrogens (tertiary/aromatic N) is 2. The van der Waals surface area contributed by atoms with Gasteiger partial charge >= 0.3 is 0 Å². The van der Waals surface area contributed by atoms with E-state index in [2.05, 4.69) is 29.4 Å². The lowest BCUT2D eigenvalue weighted by Crippen LogP contribution is -2.21. The molecular weight excluding hydrogens is 238 g/mol. The molecule has 0 saturated carbocycles. The van der Waals surface area contributed by atoms with Crippen LogP contribution in [0.3, 0.4) is 0 Å². The molecule has 2 atom stereocenters. The summed E-state index contributed by atoms with van der Waals surface area (Å²) in [4.78, 5) is 0. The van der Waals surface area contributed by atoms with Gasteiger partial charge in [-0.15, -0.1) is 5.10 Å². The minimum atomic E-state index is 0.278. The number of hydrogen-bond acceptors (Lipinski definition) is 4. The number of unbranched alkanes of at least 4 members (excludes halogenated alkanes) is 1. The summed E-state index contributed by atoms with van der Waals surface area (Å²) in [7, 11) is 3.60. The van der Waals surface area contributed by atoms with Crippen molar-refractivity contribution in [1.29, 1.82) is 0 Å². The molecule has 4 heteroatoms. The first-order valence-corrected chi connectivity index (χ1v) is 7.29. The van der Waals surface area contributed by atoms with E-state index in [-0.39, 0.29) is 6.04 Å². The van der Waals surface area contributed by atoms with Crippen molar-refractivity contribution in [1.82, 2.24) is 15.5 Å². The molecule has 2 unspecified atom stereocenters. The molecule has 0 aliphatic carbocycles. The third-order valence-corrected chi connectivity index (χ3v) is 3.69. The van der Waals surface area contributed by atoms with Crippen LogP contribution in [0.4, 0.5) is 0 Å². The average molecular weight is 265 g/mol. The largest absolute Gasteiger partial charge is 0.480 e. The summed E-state index contributed by atoms with van der Waals surface area (Å²) < 4.78 is 5.04. The first-order chi connectivity index (χ1) is 9.24. The van der Waals surface area contributed by atoms with Gasteiger partial charge in [0.25, 0.3) is 0 Å². The SMILES string of the molecule is CCCCC(CC)CC(NC)c1ccc(OC)nn1. The van der Waals surface area contributed by atoms with Crippen LogP contribution in [0, 0.1) is 5.92 Å². The second kappa shape index (κ2) is 8.86. The highest BCUT2D eigenvalue weighted by Crippen LogP contribution is 2.25. The fraction of sp³-hybridized carbons (Fsp3) is 0.733. The molecule has 0 spiro atoms. The summed E-state index contributed by atoms with van der Waals surface area (Å²) in [5, 5.41) is 11.7. The number of rotatable bonds is 9. The van der Waals surface area contributed by atoms with Crippen molar-refractivity contribution in [2.45, 2.75) is 52.0 Å². The van der Waals surface area contributed by atoms with Gasteiger partial charge in [-0.2, -0.15) is 5.10 Å². The molecule has 0 radical (unpaired) electrons. The van der Waals surface area contributed by atoms with Gasteiger partial charge in [0.2, 0.25) is 5.88 Å². The van der Waals surface area contributed by atoms with Crippen molar-refractivity contribution < 1.29 is 4.74 Å². The zero-order valence-corrected chi connectivity index (χ0v) is 12.6. The summed E-state index contributed by atoms with van der Waals surface area (Å²) in [6.45, 7) is 4.52. The minimum Gasteiger partial charge on any atom is -0.480 e.